The van der Waals surface area contributed by atoms with Gasteiger partial charge in [0.05, 0.1) is 12.7 Å². The number of allylic oxidation sites excluding steroid dienone is 1. The summed E-state index contributed by atoms with van der Waals surface area (Å²) in [4.78, 5) is 10.9. The second-order valence-corrected chi connectivity index (χ2v) is 2.86. The highest BCUT2D eigenvalue weighted by Gasteiger charge is 2.10. The van der Waals surface area contributed by atoms with E-state index in [4.69, 9.17) is 10.4 Å². The number of aromatic hydroxyl groups is 1. The van der Waals surface area contributed by atoms with Crippen LogP contribution in [0.2, 0.25) is 0 Å². The molecule has 4 nitrogen and oxygen atoms in total. The number of phenolic OH excluding ortho intramolecular Hbond substituents is 1. The molecule has 1 aromatic rings. The lowest BCUT2D eigenvalue weighted by Gasteiger charge is -2.01. The van der Waals surface area contributed by atoms with Gasteiger partial charge < -0.3 is 9.84 Å². The Bertz CT molecular complexity index is 488. The first-order valence-electron chi connectivity index (χ1n) is 4.27. The van der Waals surface area contributed by atoms with Crippen LogP contribution < -0.4 is 0 Å². The molecule has 0 atom stereocenters. The number of rotatable bonds is 2. The second-order valence-electron chi connectivity index (χ2n) is 2.86. The molecule has 0 radical (unpaired) electrons. The molecule has 0 aliphatic carbocycles. The predicted molar refractivity (Wildman–Crippen MR) is 53.7 cm³/mol. The molecule has 0 aliphatic rings. The Labute approximate surface area is 91.2 Å². The number of carbonyl (C=O) groups excluding carboxylic acids is 1. The zero-order chi connectivity index (χ0) is 12.1. The van der Waals surface area contributed by atoms with Crippen LogP contribution in [0.25, 0.3) is 5.57 Å². The van der Waals surface area contributed by atoms with Gasteiger partial charge in [-0.1, -0.05) is 0 Å². The van der Waals surface area contributed by atoms with E-state index in [1.807, 2.05) is 0 Å². The third kappa shape index (κ3) is 2.58. The summed E-state index contributed by atoms with van der Waals surface area (Å²) in [5.74, 6) is -1.78. The van der Waals surface area contributed by atoms with Crippen LogP contribution in [0.5, 0.6) is 5.75 Å². The summed E-state index contributed by atoms with van der Waals surface area (Å²) >= 11 is 0. The molecule has 0 bridgehead atoms. The van der Waals surface area contributed by atoms with Gasteiger partial charge in [0.25, 0.3) is 0 Å². The minimum absolute atomic E-state index is 0.0642. The molecule has 0 aliphatic heterocycles. The van der Waals surface area contributed by atoms with Gasteiger partial charge >= 0.3 is 5.97 Å². The smallest absolute Gasteiger partial charge is 0.331 e. The Morgan fingerprint density at radius 3 is 2.81 bits per heavy atom. The Morgan fingerprint density at radius 1 is 1.62 bits per heavy atom. The number of carbonyl (C=O) groups is 1. The zero-order valence-corrected chi connectivity index (χ0v) is 8.40. The molecule has 1 rings (SSSR count). The first-order chi connectivity index (χ1) is 7.58. The molecule has 0 saturated carbocycles. The molecule has 0 heterocycles. The number of ether oxygens (including phenoxy) is 1. The first kappa shape index (κ1) is 11.7. The van der Waals surface area contributed by atoms with Crippen molar-refractivity contribution in [1.82, 2.24) is 0 Å². The first-order valence-corrected chi connectivity index (χ1v) is 4.27. The van der Waals surface area contributed by atoms with Crippen molar-refractivity contribution in [2.24, 2.45) is 0 Å². The van der Waals surface area contributed by atoms with Crippen LogP contribution in [0.1, 0.15) is 5.56 Å². The summed E-state index contributed by atoms with van der Waals surface area (Å²) in [6, 6.07) is 4.98. The molecule has 0 unspecified atom stereocenters. The highest BCUT2D eigenvalue weighted by atomic mass is 19.1. The van der Waals surface area contributed by atoms with Crippen LogP contribution in [-0.4, -0.2) is 18.2 Å². The molecule has 0 spiro atoms. The maximum absolute atomic E-state index is 13.3. The van der Waals surface area contributed by atoms with Gasteiger partial charge in [-0.2, -0.15) is 5.26 Å². The number of methoxy groups -OCH3 is 1. The number of hydrogen-bond acceptors (Lipinski definition) is 4. The molecule has 0 fully saturated rings. The fourth-order valence-electron chi connectivity index (χ4n) is 1.07. The number of hydrogen-bond donors (Lipinski definition) is 1. The fraction of sp³-hybridized carbons (Fsp3) is 0.0909. The van der Waals surface area contributed by atoms with E-state index in [0.29, 0.717) is 0 Å². The Kier molecular flexibility index (Phi) is 3.62. The third-order valence-electron chi connectivity index (χ3n) is 1.83. The maximum Gasteiger partial charge on any atom is 0.331 e. The zero-order valence-electron chi connectivity index (χ0n) is 8.40. The van der Waals surface area contributed by atoms with Gasteiger partial charge in [0, 0.05) is 17.7 Å². The van der Waals surface area contributed by atoms with Crippen molar-refractivity contribution in [1.29, 1.82) is 5.26 Å². The van der Waals surface area contributed by atoms with Crippen LogP contribution in [0.15, 0.2) is 24.3 Å². The quantitative estimate of drug-likeness (QED) is 0.468. The molecule has 1 aromatic carbocycles. The van der Waals surface area contributed by atoms with Crippen LogP contribution >= 0.6 is 0 Å². The number of phenols is 1. The lowest BCUT2D eigenvalue weighted by molar-refractivity contribution is -0.134. The van der Waals surface area contributed by atoms with Crippen molar-refractivity contribution < 1.29 is 19.0 Å². The highest BCUT2D eigenvalue weighted by molar-refractivity contribution is 5.95. The third-order valence-corrected chi connectivity index (χ3v) is 1.83. The van der Waals surface area contributed by atoms with Gasteiger partial charge in [0.2, 0.25) is 0 Å². The van der Waals surface area contributed by atoms with Gasteiger partial charge in [-0.05, 0) is 12.1 Å². The van der Waals surface area contributed by atoms with E-state index in [-0.39, 0.29) is 16.9 Å². The molecule has 5 heteroatoms. The topological polar surface area (TPSA) is 70.3 Å². The van der Waals surface area contributed by atoms with Crippen molar-refractivity contribution in [3.8, 4) is 11.8 Å². The number of nitrogens with zero attached hydrogens (tertiary/aromatic N) is 1. The van der Waals surface area contributed by atoms with Gasteiger partial charge in [0.15, 0.2) is 0 Å². The monoisotopic (exact) mass is 221 g/mol. The van der Waals surface area contributed by atoms with Crippen molar-refractivity contribution in [3.05, 3.63) is 35.7 Å². The average Bonchev–Trinajstić information content (AvgIpc) is 2.26. The van der Waals surface area contributed by atoms with E-state index < -0.39 is 11.8 Å². The second kappa shape index (κ2) is 4.94. The lowest BCUT2D eigenvalue weighted by atomic mass is 10.1. The van der Waals surface area contributed by atoms with Crippen molar-refractivity contribution >= 4 is 11.5 Å². The average molecular weight is 221 g/mol. The summed E-state index contributed by atoms with van der Waals surface area (Å²) in [5.41, 5.74) is -0.227. The van der Waals surface area contributed by atoms with Crippen LogP contribution in [0, 0.1) is 17.1 Å². The molecule has 0 saturated heterocycles. The van der Waals surface area contributed by atoms with Crippen molar-refractivity contribution in [2.75, 3.05) is 7.11 Å². The van der Waals surface area contributed by atoms with Crippen LogP contribution in [-0.2, 0) is 9.53 Å². The van der Waals surface area contributed by atoms with Crippen LogP contribution in [0.3, 0.4) is 0 Å². The number of esters is 1. The molecular weight excluding hydrogens is 213 g/mol. The van der Waals surface area contributed by atoms with E-state index in [0.717, 1.165) is 19.3 Å². The molecule has 1 N–H and O–H groups in total. The Morgan fingerprint density at radius 2 is 2.31 bits per heavy atom. The molecule has 0 amide bonds. The summed E-state index contributed by atoms with van der Waals surface area (Å²) in [6.45, 7) is 0. The molecule has 82 valence electrons. The van der Waals surface area contributed by atoms with E-state index >= 15 is 0 Å². The van der Waals surface area contributed by atoms with Crippen molar-refractivity contribution in [3.63, 3.8) is 0 Å². The Hall–Kier alpha value is -2.35. The summed E-state index contributed by atoms with van der Waals surface area (Å²) in [6.07, 6.45) is 0.884. The normalized spacial score (nSPS) is 10.7. The van der Waals surface area contributed by atoms with Gasteiger partial charge in [-0.15, -0.1) is 0 Å². The number of halogens is 1. The maximum atomic E-state index is 13.3. The van der Waals surface area contributed by atoms with E-state index in [1.54, 1.807) is 6.07 Å². The SMILES string of the molecule is COC(=O)C=C(C#N)c1ccc(O)cc1F. The van der Waals surface area contributed by atoms with E-state index in [1.165, 1.54) is 12.1 Å². The van der Waals surface area contributed by atoms with Gasteiger partial charge in [-0.3, -0.25) is 0 Å². The predicted octanol–water partition coefficient (Wildman–Crippen LogP) is 1.61. The Balaban J connectivity index is 3.20. The number of benzene rings is 1. The largest absolute Gasteiger partial charge is 0.508 e. The summed E-state index contributed by atoms with van der Waals surface area (Å²) < 4.78 is 17.7. The van der Waals surface area contributed by atoms with E-state index in [2.05, 4.69) is 4.74 Å². The molecule has 0 aromatic heterocycles. The highest BCUT2D eigenvalue weighted by Crippen LogP contribution is 2.21. The minimum Gasteiger partial charge on any atom is -0.508 e. The van der Waals surface area contributed by atoms with Gasteiger partial charge in [-0.25, -0.2) is 9.18 Å². The fourth-order valence-corrected chi connectivity index (χ4v) is 1.07. The number of nitriles is 1. The summed E-state index contributed by atoms with van der Waals surface area (Å²) in [7, 11) is 1.15. The van der Waals surface area contributed by atoms with Crippen LogP contribution in [0.4, 0.5) is 4.39 Å². The minimum atomic E-state index is -0.781. The molecular formula is C11H8FNO3. The van der Waals surface area contributed by atoms with E-state index in [9.17, 15) is 9.18 Å². The van der Waals surface area contributed by atoms with Gasteiger partial charge in [0.1, 0.15) is 17.6 Å². The lowest BCUT2D eigenvalue weighted by Crippen LogP contribution is -1.97. The molecule has 16 heavy (non-hydrogen) atoms. The summed E-state index contributed by atoms with van der Waals surface area (Å²) in [5, 5.41) is 17.7. The van der Waals surface area contributed by atoms with Crippen molar-refractivity contribution in [2.45, 2.75) is 0 Å². The standard InChI is InChI=1S/C11H8FNO3/c1-16-11(15)4-7(6-13)9-3-2-8(14)5-10(9)12/h2-5,14H,1H3.